The first-order chi connectivity index (χ1) is 16.8. The normalized spacial score (nSPS) is 10.8. The Morgan fingerprint density at radius 2 is 1.74 bits per heavy atom. The van der Waals surface area contributed by atoms with E-state index < -0.39 is 10.8 Å². The van der Waals surface area contributed by atoms with Gasteiger partial charge in [-0.25, -0.2) is 4.68 Å². The Morgan fingerprint density at radius 1 is 1.03 bits per heavy atom. The summed E-state index contributed by atoms with van der Waals surface area (Å²) >= 11 is 0. The molecular weight excluding hydrogens is 454 g/mol. The van der Waals surface area contributed by atoms with Crippen LogP contribution in [0.4, 0.5) is 17.1 Å². The molecule has 0 aliphatic heterocycles. The molecule has 0 saturated heterocycles. The van der Waals surface area contributed by atoms with Gasteiger partial charge in [0.1, 0.15) is 23.8 Å². The Morgan fingerprint density at radius 3 is 2.40 bits per heavy atom. The van der Waals surface area contributed by atoms with Crippen LogP contribution in [0.15, 0.2) is 48.8 Å². The predicted molar refractivity (Wildman–Crippen MR) is 126 cm³/mol. The molecule has 4 aromatic rings. The largest absolute Gasteiger partial charge is 0.321 e. The lowest BCUT2D eigenvalue weighted by Crippen LogP contribution is -2.18. The lowest BCUT2D eigenvalue weighted by Gasteiger charge is -2.09. The fraction of sp³-hybridized carbons (Fsp3) is 0.227. The van der Waals surface area contributed by atoms with Crippen LogP contribution in [0.3, 0.4) is 0 Å². The number of anilines is 2. The zero-order valence-electron chi connectivity index (χ0n) is 19.3. The summed E-state index contributed by atoms with van der Waals surface area (Å²) in [6.07, 6.45) is 3.15. The SMILES string of the molecule is CCn1nccc1C(=O)Nc1cccc(NC(=O)c2ccn(Cn3nc(C)c([N+](=O)[O-])c3C)n2)c1. The number of hydrogen-bond donors (Lipinski definition) is 2. The second-order valence-corrected chi connectivity index (χ2v) is 7.68. The lowest BCUT2D eigenvalue weighted by molar-refractivity contribution is -0.386. The molecule has 2 N–H and O–H groups in total. The van der Waals surface area contributed by atoms with Gasteiger partial charge >= 0.3 is 5.69 Å². The Labute approximate surface area is 199 Å². The number of benzene rings is 1. The molecule has 3 heterocycles. The Bertz CT molecular complexity index is 1420. The number of aryl methyl sites for hydroxylation is 2. The Balaban J connectivity index is 1.42. The van der Waals surface area contributed by atoms with Gasteiger partial charge in [-0.15, -0.1) is 0 Å². The summed E-state index contributed by atoms with van der Waals surface area (Å²) in [4.78, 5) is 36.0. The van der Waals surface area contributed by atoms with Crippen LogP contribution in [0.2, 0.25) is 0 Å². The summed E-state index contributed by atoms with van der Waals surface area (Å²) in [5.74, 6) is -0.758. The van der Waals surface area contributed by atoms with Crippen LogP contribution in [0.1, 0.15) is 39.3 Å². The molecule has 13 heteroatoms. The smallest absolute Gasteiger partial charge is 0.312 e. The van der Waals surface area contributed by atoms with E-state index >= 15 is 0 Å². The minimum absolute atomic E-state index is 0.0405. The summed E-state index contributed by atoms with van der Waals surface area (Å²) in [5.41, 5.74) is 2.23. The molecule has 3 aromatic heterocycles. The molecule has 0 spiro atoms. The summed E-state index contributed by atoms with van der Waals surface area (Å²) < 4.78 is 4.51. The van der Waals surface area contributed by atoms with Gasteiger partial charge in [-0.05, 0) is 51.1 Å². The van der Waals surface area contributed by atoms with Gasteiger partial charge in [0.2, 0.25) is 0 Å². The van der Waals surface area contributed by atoms with Crippen molar-refractivity contribution < 1.29 is 14.5 Å². The average molecular weight is 477 g/mol. The highest BCUT2D eigenvalue weighted by atomic mass is 16.6. The topological polar surface area (TPSA) is 155 Å². The van der Waals surface area contributed by atoms with Crippen LogP contribution in [0.25, 0.3) is 0 Å². The van der Waals surface area contributed by atoms with Crippen LogP contribution in [0.5, 0.6) is 0 Å². The zero-order valence-corrected chi connectivity index (χ0v) is 19.3. The van der Waals surface area contributed by atoms with E-state index in [1.54, 1.807) is 61.3 Å². The molecule has 0 atom stereocenters. The van der Waals surface area contributed by atoms with Crippen molar-refractivity contribution in [2.45, 2.75) is 34.0 Å². The molecule has 2 amide bonds. The standard InChI is InChI=1S/C22H23N9O4/c1-4-29-19(8-10-23-29)22(33)25-17-7-5-6-16(12-17)24-21(32)18-9-11-28(27-18)13-30-15(3)20(31(34)35)14(2)26-30/h5-12H,4,13H2,1-3H3,(H,24,32)(H,25,33). The maximum absolute atomic E-state index is 12.7. The average Bonchev–Trinajstić information content (AvgIpc) is 3.53. The Kier molecular flexibility index (Phi) is 6.40. The highest BCUT2D eigenvalue weighted by molar-refractivity contribution is 6.05. The molecule has 0 aliphatic rings. The molecule has 4 rings (SSSR count). The van der Waals surface area contributed by atoms with E-state index in [1.165, 1.54) is 15.4 Å². The predicted octanol–water partition coefficient (Wildman–Crippen LogP) is 2.83. The summed E-state index contributed by atoms with van der Waals surface area (Å²) in [5, 5.41) is 29.3. The minimum atomic E-state index is -0.467. The second-order valence-electron chi connectivity index (χ2n) is 7.68. The van der Waals surface area contributed by atoms with Crippen LogP contribution in [0, 0.1) is 24.0 Å². The molecule has 0 unspecified atom stereocenters. The number of nitrogens with one attached hydrogen (secondary N) is 2. The van der Waals surface area contributed by atoms with Crippen molar-refractivity contribution >= 4 is 28.9 Å². The third-order valence-electron chi connectivity index (χ3n) is 5.31. The molecule has 0 radical (unpaired) electrons. The quantitative estimate of drug-likeness (QED) is 0.292. The van der Waals surface area contributed by atoms with Crippen molar-refractivity contribution in [2.75, 3.05) is 10.6 Å². The van der Waals surface area contributed by atoms with Gasteiger partial charge in [0.05, 0.1) is 4.92 Å². The first-order valence-electron chi connectivity index (χ1n) is 10.7. The number of hydrogen-bond acceptors (Lipinski definition) is 7. The van der Waals surface area contributed by atoms with Gasteiger partial charge in [-0.3, -0.25) is 29.1 Å². The van der Waals surface area contributed by atoms with Crippen molar-refractivity contribution in [1.82, 2.24) is 29.3 Å². The maximum Gasteiger partial charge on any atom is 0.312 e. The monoisotopic (exact) mass is 477 g/mol. The van der Waals surface area contributed by atoms with Gasteiger partial charge in [0.25, 0.3) is 11.8 Å². The molecule has 1 aromatic carbocycles. The summed E-state index contributed by atoms with van der Waals surface area (Å²) in [6.45, 7) is 5.75. The fourth-order valence-corrected chi connectivity index (χ4v) is 3.63. The third-order valence-corrected chi connectivity index (χ3v) is 5.31. The summed E-state index contributed by atoms with van der Waals surface area (Å²) in [6, 6.07) is 9.90. The molecule has 35 heavy (non-hydrogen) atoms. The Hall–Kier alpha value is -4.81. The van der Waals surface area contributed by atoms with Crippen LogP contribution < -0.4 is 10.6 Å². The van der Waals surface area contributed by atoms with Crippen molar-refractivity contribution in [2.24, 2.45) is 0 Å². The van der Waals surface area contributed by atoms with E-state index in [9.17, 15) is 19.7 Å². The molecule has 13 nitrogen and oxygen atoms in total. The molecular formula is C22H23N9O4. The van der Waals surface area contributed by atoms with Gasteiger partial charge in [-0.2, -0.15) is 15.3 Å². The van der Waals surface area contributed by atoms with Crippen molar-refractivity contribution in [3.63, 3.8) is 0 Å². The maximum atomic E-state index is 12.7. The van der Waals surface area contributed by atoms with E-state index in [2.05, 4.69) is 25.9 Å². The molecule has 180 valence electrons. The van der Waals surface area contributed by atoms with Gasteiger partial charge in [0, 0.05) is 30.3 Å². The van der Waals surface area contributed by atoms with E-state index in [1.807, 2.05) is 6.92 Å². The van der Waals surface area contributed by atoms with Crippen molar-refractivity contribution in [1.29, 1.82) is 0 Å². The van der Waals surface area contributed by atoms with E-state index in [4.69, 9.17) is 0 Å². The molecule has 0 bridgehead atoms. The zero-order chi connectivity index (χ0) is 25.1. The van der Waals surface area contributed by atoms with Crippen molar-refractivity contribution in [3.05, 3.63) is 81.7 Å². The number of carbonyl (C=O) groups excluding carboxylic acids is 2. The third kappa shape index (κ3) is 4.93. The lowest BCUT2D eigenvalue weighted by atomic mass is 10.2. The molecule has 0 fully saturated rings. The van der Waals surface area contributed by atoms with Gasteiger partial charge < -0.3 is 10.6 Å². The first kappa shape index (κ1) is 23.4. The molecule has 0 aliphatic carbocycles. The number of carbonyl (C=O) groups is 2. The van der Waals surface area contributed by atoms with Gasteiger partial charge in [-0.1, -0.05) is 6.07 Å². The van der Waals surface area contributed by atoms with Gasteiger partial charge in [0.15, 0.2) is 5.69 Å². The summed E-state index contributed by atoms with van der Waals surface area (Å²) in [7, 11) is 0. The highest BCUT2D eigenvalue weighted by Crippen LogP contribution is 2.22. The number of nitrogens with zero attached hydrogens (tertiary/aromatic N) is 7. The molecule has 0 saturated carbocycles. The number of rotatable bonds is 8. The van der Waals surface area contributed by atoms with Crippen molar-refractivity contribution in [3.8, 4) is 0 Å². The van der Waals surface area contributed by atoms with Crippen LogP contribution in [-0.4, -0.2) is 46.1 Å². The second kappa shape index (κ2) is 9.59. The van der Waals surface area contributed by atoms with Crippen LogP contribution >= 0.6 is 0 Å². The fourth-order valence-electron chi connectivity index (χ4n) is 3.63. The highest BCUT2D eigenvalue weighted by Gasteiger charge is 2.22. The van der Waals surface area contributed by atoms with E-state index in [-0.39, 0.29) is 24.0 Å². The van der Waals surface area contributed by atoms with E-state index in [0.29, 0.717) is 35.0 Å². The number of aromatic nitrogens is 6. The van der Waals surface area contributed by atoms with E-state index in [0.717, 1.165) is 0 Å². The number of amides is 2. The first-order valence-corrected chi connectivity index (χ1v) is 10.7. The minimum Gasteiger partial charge on any atom is -0.321 e. The van der Waals surface area contributed by atoms with Crippen LogP contribution in [-0.2, 0) is 13.2 Å². The number of nitro groups is 1.